The molecule has 206 valence electrons. The minimum absolute atomic E-state index is 0.0518. The van der Waals surface area contributed by atoms with Crippen LogP contribution < -0.4 is 5.32 Å². The molecule has 0 radical (unpaired) electrons. The maximum Gasteiger partial charge on any atom is 0.241 e. The molecule has 6 rings (SSSR count). The predicted octanol–water partition coefficient (Wildman–Crippen LogP) is 5.48. The molecule has 1 aromatic heterocycles. The molecular formula is C32H34ClN5O2. The fourth-order valence-corrected chi connectivity index (χ4v) is 5.88. The summed E-state index contributed by atoms with van der Waals surface area (Å²) in [5.41, 5.74) is 6.18. The van der Waals surface area contributed by atoms with Crippen LogP contribution in [0.1, 0.15) is 41.0 Å². The number of benzene rings is 3. The van der Waals surface area contributed by atoms with Crippen LogP contribution in [-0.4, -0.2) is 45.5 Å². The maximum absolute atomic E-state index is 13.1. The molecule has 8 heteroatoms. The Bertz CT molecular complexity index is 1450. The van der Waals surface area contributed by atoms with Gasteiger partial charge in [-0.2, -0.15) is 4.98 Å². The molecule has 0 saturated carbocycles. The molecule has 0 aliphatic carbocycles. The first-order valence-corrected chi connectivity index (χ1v) is 14.4. The van der Waals surface area contributed by atoms with E-state index < -0.39 is 0 Å². The van der Waals surface area contributed by atoms with Gasteiger partial charge in [0, 0.05) is 43.3 Å². The van der Waals surface area contributed by atoms with Gasteiger partial charge >= 0.3 is 0 Å². The molecule has 3 aromatic carbocycles. The van der Waals surface area contributed by atoms with Crippen LogP contribution in [0.3, 0.4) is 0 Å². The van der Waals surface area contributed by atoms with Crippen LogP contribution in [0.5, 0.6) is 0 Å². The molecule has 40 heavy (non-hydrogen) atoms. The molecule has 1 unspecified atom stereocenters. The number of fused-ring (bicyclic) bond motifs is 1. The fourth-order valence-electron chi connectivity index (χ4n) is 5.76. The van der Waals surface area contributed by atoms with Crippen molar-refractivity contribution in [2.45, 2.75) is 45.4 Å². The number of nitrogens with zero attached hydrogens (tertiary/aromatic N) is 4. The highest BCUT2D eigenvalue weighted by molar-refractivity contribution is 6.30. The third-order valence-electron chi connectivity index (χ3n) is 7.88. The van der Waals surface area contributed by atoms with E-state index in [2.05, 4.69) is 73.8 Å². The molecule has 0 bridgehead atoms. The van der Waals surface area contributed by atoms with Crippen LogP contribution in [0.2, 0.25) is 5.02 Å². The zero-order chi connectivity index (χ0) is 27.3. The van der Waals surface area contributed by atoms with Crippen molar-refractivity contribution in [3.05, 3.63) is 106 Å². The van der Waals surface area contributed by atoms with Crippen LogP contribution in [-0.2, 0) is 37.4 Å². The largest absolute Gasteiger partial charge is 0.352 e. The Kier molecular flexibility index (Phi) is 8.23. The predicted molar refractivity (Wildman–Crippen MR) is 155 cm³/mol. The summed E-state index contributed by atoms with van der Waals surface area (Å²) < 4.78 is 5.50. The lowest BCUT2D eigenvalue weighted by atomic mass is 9.97. The van der Waals surface area contributed by atoms with Crippen LogP contribution in [0.25, 0.3) is 11.4 Å². The number of amides is 1. The minimum Gasteiger partial charge on any atom is -0.352 e. The van der Waals surface area contributed by atoms with Gasteiger partial charge < -0.3 is 9.84 Å². The Morgan fingerprint density at radius 1 is 0.950 bits per heavy atom. The van der Waals surface area contributed by atoms with Crippen LogP contribution in [0.4, 0.5) is 0 Å². The zero-order valence-corrected chi connectivity index (χ0v) is 23.3. The summed E-state index contributed by atoms with van der Waals surface area (Å²) in [7, 11) is 0. The number of piperidine rings is 1. The first-order valence-electron chi connectivity index (χ1n) is 14.0. The quantitative estimate of drug-likeness (QED) is 0.310. The first-order chi connectivity index (χ1) is 19.6. The number of rotatable bonds is 8. The fraction of sp³-hybridized carbons (Fsp3) is 0.344. The van der Waals surface area contributed by atoms with E-state index in [0.29, 0.717) is 36.4 Å². The highest BCUT2D eigenvalue weighted by Crippen LogP contribution is 2.23. The van der Waals surface area contributed by atoms with Gasteiger partial charge in [0.2, 0.25) is 17.6 Å². The van der Waals surface area contributed by atoms with Crippen molar-refractivity contribution in [1.29, 1.82) is 0 Å². The molecular weight excluding hydrogens is 522 g/mol. The molecule has 3 heterocycles. The Morgan fingerprint density at radius 2 is 1.77 bits per heavy atom. The Morgan fingerprint density at radius 3 is 2.65 bits per heavy atom. The smallest absolute Gasteiger partial charge is 0.241 e. The first kappa shape index (κ1) is 26.7. The van der Waals surface area contributed by atoms with Crippen LogP contribution in [0, 0.1) is 5.92 Å². The van der Waals surface area contributed by atoms with Gasteiger partial charge in [0.25, 0.3) is 0 Å². The second-order valence-electron chi connectivity index (χ2n) is 10.9. The van der Waals surface area contributed by atoms with E-state index in [4.69, 9.17) is 16.1 Å². The lowest BCUT2D eigenvalue weighted by molar-refractivity contribution is -0.127. The zero-order valence-electron chi connectivity index (χ0n) is 22.6. The second-order valence-corrected chi connectivity index (χ2v) is 11.3. The van der Waals surface area contributed by atoms with Crippen molar-refractivity contribution < 1.29 is 9.32 Å². The topological polar surface area (TPSA) is 74.5 Å². The van der Waals surface area contributed by atoms with Gasteiger partial charge in [-0.3, -0.25) is 14.6 Å². The second kappa shape index (κ2) is 12.3. The van der Waals surface area contributed by atoms with E-state index in [1.807, 2.05) is 24.3 Å². The highest BCUT2D eigenvalue weighted by Gasteiger charge is 2.27. The molecule has 2 aliphatic heterocycles. The average molecular weight is 556 g/mol. The Labute approximate surface area is 240 Å². The summed E-state index contributed by atoms with van der Waals surface area (Å²) in [4.78, 5) is 22.4. The van der Waals surface area contributed by atoms with Crippen LogP contribution in [0.15, 0.2) is 77.3 Å². The van der Waals surface area contributed by atoms with E-state index >= 15 is 0 Å². The molecule has 4 aromatic rings. The summed E-state index contributed by atoms with van der Waals surface area (Å²) >= 11 is 5.98. The molecule has 1 atom stereocenters. The number of hydrogen-bond acceptors (Lipinski definition) is 6. The van der Waals surface area contributed by atoms with E-state index in [1.54, 1.807) is 0 Å². The van der Waals surface area contributed by atoms with Crippen molar-refractivity contribution in [3.8, 4) is 11.4 Å². The van der Waals surface area contributed by atoms with Crippen molar-refractivity contribution >= 4 is 17.5 Å². The molecule has 0 spiro atoms. The number of hydrogen-bond donors (Lipinski definition) is 1. The van der Waals surface area contributed by atoms with Gasteiger partial charge in [-0.05, 0) is 72.3 Å². The number of carbonyl (C=O) groups is 1. The van der Waals surface area contributed by atoms with Gasteiger partial charge in [0.05, 0.1) is 12.5 Å². The lowest BCUT2D eigenvalue weighted by Gasteiger charge is -2.31. The third-order valence-corrected chi connectivity index (χ3v) is 8.13. The van der Waals surface area contributed by atoms with Gasteiger partial charge in [-0.15, -0.1) is 0 Å². The standard InChI is InChI=1S/C32H34ClN5O2/c33-29-12-10-26(11-13-29)31-35-30(40-36-31)22-37-15-4-9-28(21-37)32(39)34-18-23-5-3-6-24(17-23)19-38-16-14-25-7-1-2-8-27(25)20-38/h1-3,5-8,10-13,17,28H,4,9,14-16,18-22H2,(H,34,39). The van der Waals surface area contributed by atoms with Gasteiger partial charge in [0.15, 0.2) is 0 Å². The van der Waals surface area contributed by atoms with Crippen molar-refractivity contribution in [3.63, 3.8) is 0 Å². The Balaban J connectivity index is 0.993. The lowest BCUT2D eigenvalue weighted by Crippen LogP contribution is -2.42. The van der Waals surface area contributed by atoms with Crippen molar-refractivity contribution in [2.24, 2.45) is 5.92 Å². The number of halogens is 1. The molecule has 1 amide bonds. The van der Waals surface area contributed by atoms with E-state index in [9.17, 15) is 4.79 Å². The normalized spacial score (nSPS) is 17.9. The molecule has 1 fully saturated rings. The minimum atomic E-state index is -0.0518. The van der Waals surface area contributed by atoms with Gasteiger partial charge in [-0.25, -0.2) is 0 Å². The highest BCUT2D eigenvalue weighted by atomic mass is 35.5. The monoisotopic (exact) mass is 555 g/mol. The van der Waals surface area contributed by atoms with E-state index in [1.165, 1.54) is 16.7 Å². The van der Waals surface area contributed by atoms with Gasteiger partial charge in [0.1, 0.15) is 0 Å². The van der Waals surface area contributed by atoms with Crippen molar-refractivity contribution in [1.82, 2.24) is 25.3 Å². The molecule has 1 N–H and O–H groups in total. The van der Waals surface area contributed by atoms with E-state index in [-0.39, 0.29) is 11.8 Å². The maximum atomic E-state index is 13.1. The summed E-state index contributed by atoms with van der Waals surface area (Å²) in [5.74, 6) is 1.16. The molecule has 2 aliphatic rings. The summed E-state index contributed by atoms with van der Waals surface area (Å²) in [6.45, 7) is 5.65. The Hall–Kier alpha value is -3.52. The number of aromatic nitrogens is 2. The van der Waals surface area contributed by atoms with Crippen LogP contribution >= 0.6 is 11.6 Å². The summed E-state index contributed by atoms with van der Waals surface area (Å²) in [5, 5.41) is 7.97. The SMILES string of the molecule is O=C(NCc1cccc(CN2CCc3ccccc3C2)c1)C1CCCN(Cc2nc(-c3ccc(Cl)cc3)no2)C1. The number of nitrogens with one attached hydrogen (secondary N) is 1. The third kappa shape index (κ3) is 6.61. The molecule has 1 saturated heterocycles. The van der Waals surface area contributed by atoms with E-state index in [0.717, 1.165) is 56.6 Å². The summed E-state index contributed by atoms with van der Waals surface area (Å²) in [6, 6.07) is 24.7. The number of likely N-dealkylation sites (tertiary alicyclic amines) is 1. The van der Waals surface area contributed by atoms with Gasteiger partial charge in [-0.1, -0.05) is 65.3 Å². The summed E-state index contributed by atoms with van der Waals surface area (Å²) in [6.07, 6.45) is 2.95. The van der Waals surface area contributed by atoms with Crippen molar-refractivity contribution in [2.75, 3.05) is 19.6 Å². The number of carbonyl (C=O) groups excluding carboxylic acids is 1. The molecule has 7 nitrogen and oxygen atoms in total. The average Bonchev–Trinajstić information content (AvgIpc) is 3.45.